The summed E-state index contributed by atoms with van der Waals surface area (Å²) in [4.78, 5) is 0. The van der Waals surface area contributed by atoms with Gasteiger partial charge in [-0.25, -0.2) is 0 Å². The number of ether oxygens (including phenoxy) is 3. The van der Waals surface area contributed by atoms with Crippen LogP contribution in [0.15, 0.2) is 30.3 Å². The van der Waals surface area contributed by atoms with Crippen LogP contribution in [0.1, 0.15) is 5.56 Å². The second-order valence-electron chi connectivity index (χ2n) is 5.17. The zero-order valence-corrected chi connectivity index (χ0v) is 13.1. The Morgan fingerprint density at radius 3 is 1.78 bits per heavy atom. The van der Waals surface area contributed by atoms with Gasteiger partial charge in [-0.2, -0.15) is 0 Å². The maximum atomic E-state index is 9.25. The van der Waals surface area contributed by atoms with Gasteiger partial charge in [0.15, 0.2) is 0 Å². The standard InChI is InChI=1S/C16H26O7/c17-6-14(19)9-21-11-16(12-22-10-15(20)7-18)23-8-13-4-2-1-3-5-13/h1-5,14-20H,6-12H2. The maximum absolute atomic E-state index is 9.25. The third-order valence-corrected chi connectivity index (χ3v) is 2.98. The van der Waals surface area contributed by atoms with E-state index in [1.54, 1.807) is 0 Å². The Labute approximate surface area is 136 Å². The second kappa shape index (κ2) is 12.4. The van der Waals surface area contributed by atoms with E-state index in [0.29, 0.717) is 6.61 Å². The first kappa shape index (κ1) is 20.0. The molecule has 1 aromatic carbocycles. The second-order valence-corrected chi connectivity index (χ2v) is 5.17. The van der Waals surface area contributed by atoms with Crippen LogP contribution in [0, 0.1) is 0 Å². The highest BCUT2D eigenvalue weighted by Crippen LogP contribution is 2.05. The summed E-state index contributed by atoms with van der Waals surface area (Å²) >= 11 is 0. The molecular weight excluding hydrogens is 304 g/mol. The Morgan fingerprint density at radius 1 is 0.783 bits per heavy atom. The van der Waals surface area contributed by atoms with Crippen LogP contribution in [0.25, 0.3) is 0 Å². The Bertz CT molecular complexity index is 371. The quantitative estimate of drug-likeness (QED) is 0.379. The number of benzene rings is 1. The van der Waals surface area contributed by atoms with Crippen molar-refractivity contribution >= 4 is 0 Å². The summed E-state index contributed by atoms with van der Waals surface area (Å²) < 4.78 is 16.3. The van der Waals surface area contributed by atoms with E-state index < -0.39 is 18.3 Å². The summed E-state index contributed by atoms with van der Waals surface area (Å²) in [7, 11) is 0. The summed E-state index contributed by atoms with van der Waals surface area (Å²) in [5, 5.41) is 36.0. The summed E-state index contributed by atoms with van der Waals surface area (Å²) in [5.41, 5.74) is 1.00. The molecule has 2 unspecified atom stereocenters. The van der Waals surface area contributed by atoms with Crippen molar-refractivity contribution in [2.45, 2.75) is 24.9 Å². The van der Waals surface area contributed by atoms with E-state index in [0.717, 1.165) is 5.56 Å². The molecule has 23 heavy (non-hydrogen) atoms. The molecule has 0 aromatic heterocycles. The van der Waals surface area contributed by atoms with Crippen LogP contribution in [0.5, 0.6) is 0 Å². The molecule has 0 aliphatic heterocycles. The first-order chi connectivity index (χ1) is 11.2. The van der Waals surface area contributed by atoms with Crippen molar-refractivity contribution in [3.63, 3.8) is 0 Å². The third-order valence-electron chi connectivity index (χ3n) is 2.98. The van der Waals surface area contributed by atoms with Gasteiger partial charge in [-0.05, 0) is 5.56 Å². The largest absolute Gasteiger partial charge is 0.394 e. The minimum absolute atomic E-state index is 0.000954. The molecule has 4 N–H and O–H groups in total. The van der Waals surface area contributed by atoms with Crippen LogP contribution in [0.2, 0.25) is 0 Å². The third kappa shape index (κ3) is 9.62. The average Bonchev–Trinajstić information content (AvgIpc) is 2.59. The van der Waals surface area contributed by atoms with Crippen molar-refractivity contribution in [2.24, 2.45) is 0 Å². The van der Waals surface area contributed by atoms with E-state index in [-0.39, 0.29) is 39.6 Å². The fourth-order valence-electron chi connectivity index (χ4n) is 1.71. The van der Waals surface area contributed by atoms with Crippen LogP contribution in [-0.2, 0) is 20.8 Å². The van der Waals surface area contributed by atoms with Gasteiger partial charge < -0.3 is 34.6 Å². The van der Waals surface area contributed by atoms with Gasteiger partial charge in [0.2, 0.25) is 0 Å². The first-order valence-electron chi connectivity index (χ1n) is 7.54. The van der Waals surface area contributed by atoms with Gasteiger partial charge in [0.25, 0.3) is 0 Å². The van der Waals surface area contributed by atoms with Gasteiger partial charge in [-0.3, -0.25) is 0 Å². The van der Waals surface area contributed by atoms with Crippen molar-refractivity contribution in [1.29, 1.82) is 0 Å². The molecule has 0 saturated carbocycles. The van der Waals surface area contributed by atoms with Gasteiger partial charge in [0, 0.05) is 0 Å². The molecule has 0 heterocycles. The lowest BCUT2D eigenvalue weighted by Crippen LogP contribution is -2.30. The molecule has 2 atom stereocenters. The summed E-state index contributed by atoms with van der Waals surface area (Å²) in [6.45, 7) is 0.00689. The minimum atomic E-state index is -0.929. The van der Waals surface area contributed by atoms with E-state index in [9.17, 15) is 10.2 Å². The van der Waals surface area contributed by atoms with Crippen molar-refractivity contribution in [3.05, 3.63) is 35.9 Å². The van der Waals surface area contributed by atoms with Crippen LogP contribution in [0.3, 0.4) is 0 Å². The predicted octanol–water partition coefficient (Wildman–Crippen LogP) is -0.689. The van der Waals surface area contributed by atoms with E-state index in [2.05, 4.69) is 0 Å². The van der Waals surface area contributed by atoms with E-state index in [1.807, 2.05) is 30.3 Å². The highest BCUT2D eigenvalue weighted by Gasteiger charge is 2.13. The highest BCUT2D eigenvalue weighted by molar-refractivity contribution is 5.13. The van der Waals surface area contributed by atoms with Crippen LogP contribution >= 0.6 is 0 Å². The van der Waals surface area contributed by atoms with Gasteiger partial charge in [-0.15, -0.1) is 0 Å². The Kier molecular flexibility index (Phi) is 10.8. The van der Waals surface area contributed by atoms with Crippen LogP contribution in [0.4, 0.5) is 0 Å². The zero-order chi connectivity index (χ0) is 16.9. The molecule has 0 bridgehead atoms. The van der Waals surface area contributed by atoms with Crippen molar-refractivity contribution in [3.8, 4) is 0 Å². The summed E-state index contributed by atoms with van der Waals surface area (Å²) in [6, 6.07) is 9.61. The molecule has 0 radical (unpaired) electrons. The van der Waals surface area contributed by atoms with Gasteiger partial charge in [-0.1, -0.05) is 30.3 Å². The summed E-state index contributed by atoms with van der Waals surface area (Å²) in [5.74, 6) is 0. The van der Waals surface area contributed by atoms with E-state index in [1.165, 1.54) is 0 Å². The number of aliphatic hydroxyl groups excluding tert-OH is 4. The van der Waals surface area contributed by atoms with Crippen LogP contribution < -0.4 is 0 Å². The van der Waals surface area contributed by atoms with Crippen molar-refractivity contribution in [2.75, 3.05) is 39.6 Å². The average molecular weight is 330 g/mol. The van der Waals surface area contributed by atoms with Crippen molar-refractivity contribution < 1.29 is 34.6 Å². The predicted molar refractivity (Wildman–Crippen MR) is 82.8 cm³/mol. The first-order valence-corrected chi connectivity index (χ1v) is 7.54. The van der Waals surface area contributed by atoms with Crippen LogP contribution in [-0.4, -0.2) is 78.4 Å². The normalized spacial score (nSPS) is 15.3. The molecule has 0 fully saturated rings. The monoisotopic (exact) mass is 330 g/mol. The summed E-state index contributed by atoms with van der Waals surface area (Å²) in [6.07, 6.45) is -2.25. The zero-order valence-electron chi connectivity index (χ0n) is 13.1. The van der Waals surface area contributed by atoms with Gasteiger partial charge in [0.1, 0.15) is 18.3 Å². The molecule has 0 amide bonds. The number of rotatable bonds is 13. The van der Waals surface area contributed by atoms with E-state index >= 15 is 0 Å². The van der Waals surface area contributed by atoms with Gasteiger partial charge in [0.05, 0.1) is 46.2 Å². The topological polar surface area (TPSA) is 109 Å². The molecule has 0 saturated heterocycles. The fraction of sp³-hybridized carbons (Fsp3) is 0.625. The Balaban J connectivity index is 2.36. The molecular formula is C16H26O7. The molecule has 1 rings (SSSR count). The smallest absolute Gasteiger partial charge is 0.105 e. The molecule has 0 aliphatic carbocycles. The Morgan fingerprint density at radius 2 is 1.30 bits per heavy atom. The molecule has 1 aromatic rings. The molecule has 0 aliphatic rings. The lowest BCUT2D eigenvalue weighted by atomic mass is 10.2. The molecule has 7 nitrogen and oxygen atoms in total. The fourth-order valence-corrected chi connectivity index (χ4v) is 1.71. The SMILES string of the molecule is OCC(O)COCC(COCC(O)CO)OCc1ccccc1. The Hall–Kier alpha value is -1.06. The van der Waals surface area contributed by atoms with Gasteiger partial charge >= 0.3 is 0 Å². The molecule has 132 valence electrons. The lowest BCUT2D eigenvalue weighted by Gasteiger charge is -2.20. The lowest BCUT2D eigenvalue weighted by molar-refractivity contribution is -0.0921. The number of hydrogen-bond acceptors (Lipinski definition) is 7. The molecule has 0 spiro atoms. The van der Waals surface area contributed by atoms with E-state index in [4.69, 9.17) is 24.4 Å². The number of hydrogen-bond donors (Lipinski definition) is 4. The maximum Gasteiger partial charge on any atom is 0.105 e. The molecule has 7 heteroatoms. The number of aliphatic hydroxyl groups is 4. The van der Waals surface area contributed by atoms with Crippen molar-refractivity contribution in [1.82, 2.24) is 0 Å². The highest BCUT2D eigenvalue weighted by atomic mass is 16.6. The minimum Gasteiger partial charge on any atom is -0.394 e.